The lowest BCUT2D eigenvalue weighted by molar-refractivity contribution is -0.0494. The minimum absolute atomic E-state index is 0. The fourth-order valence-electron chi connectivity index (χ4n) is 3.76. The highest BCUT2D eigenvalue weighted by Gasteiger charge is 2.50. The maximum atomic E-state index is 12.9. The van der Waals surface area contributed by atoms with Gasteiger partial charge in [0.05, 0.1) is 0 Å². The molecule has 3 heterocycles. The highest BCUT2D eigenvalue weighted by molar-refractivity contribution is 7.90. The van der Waals surface area contributed by atoms with Gasteiger partial charge in [-0.15, -0.1) is 12.4 Å². The maximum Gasteiger partial charge on any atom is 0.511 e. The molecular weight excluding hydrogens is 518 g/mol. The van der Waals surface area contributed by atoms with Gasteiger partial charge in [-0.2, -0.15) is 22.5 Å². The van der Waals surface area contributed by atoms with Gasteiger partial charge in [0.2, 0.25) is 5.95 Å². The Morgan fingerprint density at radius 1 is 1.15 bits per heavy atom. The average Bonchev–Trinajstić information content (AvgIpc) is 2.77. The van der Waals surface area contributed by atoms with Crippen molar-refractivity contribution in [1.82, 2.24) is 18.8 Å². The summed E-state index contributed by atoms with van der Waals surface area (Å²) in [5.41, 5.74) is -4.26. The van der Waals surface area contributed by atoms with Crippen molar-refractivity contribution in [2.75, 3.05) is 18.4 Å². The van der Waals surface area contributed by atoms with E-state index in [2.05, 4.69) is 15.3 Å². The summed E-state index contributed by atoms with van der Waals surface area (Å²) < 4.78 is 63.1. The van der Waals surface area contributed by atoms with Gasteiger partial charge >= 0.3 is 15.5 Å². The predicted molar refractivity (Wildman–Crippen MR) is 126 cm³/mol. The van der Waals surface area contributed by atoms with Crippen LogP contribution in [0.1, 0.15) is 12.8 Å². The Hall–Kier alpha value is -2.41. The summed E-state index contributed by atoms with van der Waals surface area (Å²) in [7, 11) is -3.77. The topological polar surface area (TPSA) is 97.2 Å². The van der Waals surface area contributed by atoms with Crippen molar-refractivity contribution >= 4 is 51.0 Å². The summed E-state index contributed by atoms with van der Waals surface area (Å²) in [5.74, 6) is 0.195. The number of halogens is 5. The molecule has 0 saturated carbocycles. The van der Waals surface area contributed by atoms with Gasteiger partial charge in [0, 0.05) is 53.9 Å². The van der Waals surface area contributed by atoms with Gasteiger partial charge in [0.25, 0.3) is 5.56 Å². The number of nitrogens with one attached hydrogen (secondary N) is 1. The molecule has 0 radical (unpaired) electrons. The van der Waals surface area contributed by atoms with Crippen LogP contribution in [-0.2, 0) is 17.1 Å². The number of pyridine rings is 1. The Morgan fingerprint density at radius 2 is 1.79 bits per heavy atom. The Balaban J connectivity index is 0.00000324. The van der Waals surface area contributed by atoms with E-state index in [0.29, 0.717) is 31.5 Å². The number of fused-ring (bicyclic) bond motifs is 1. The van der Waals surface area contributed by atoms with Gasteiger partial charge in [-0.05, 0) is 25.0 Å². The molecule has 4 rings (SSSR count). The molecule has 1 aliphatic heterocycles. The van der Waals surface area contributed by atoms with Crippen LogP contribution < -0.4 is 10.9 Å². The molecule has 8 nitrogen and oxygen atoms in total. The summed E-state index contributed by atoms with van der Waals surface area (Å²) in [5, 5.41) is 4.06. The third-order valence-electron chi connectivity index (χ3n) is 5.53. The van der Waals surface area contributed by atoms with Crippen molar-refractivity contribution in [2.45, 2.75) is 24.4 Å². The molecule has 0 amide bonds. The standard InChI is InChI=1S/C20H19ClF3N5O3S.ClH/c1-28-17-12(10-15(18(28)30)14-4-2-3-5-16(14)21)11-25-19(27-17)26-13-6-8-29(9-7-13)33(31,32)20(22,23)24;/h2-5,10-11,13H,6-9H2,1H3,(H,25,26,27);1H. The number of anilines is 1. The van der Waals surface area contributed by atoms with Crippen LogP contribution in [0.2, 0.25) is 5.02 Å². The number of aryl methyl sites for hydroxylation is 1. The summed E-state index contributed by atoms with van der Waals surface area (Å²) in [6, 6.07) is 8.31. The van der Waals surface area contributed by atoms with Crippen molar-refractivity contribution in [3.63, 3.8) is 0 Å². The fourth-order valence-corrected chi connectivity index (χ4v) is 4.98. The van der Waals surface area contributed by atoms with Gasteiger partial charge in [-0.25, -0.2) is 13.4 Å². The quantitative estimate of drug-likeness (QED) is 0.543. The van der Waals surface area contributed by atoms with E-state index in [9.17, 15) is 26.4 Å². The number of sulfonamides is 1. The van der Waals surface area contributed by atoms with Crippen LogP contribution in [0.4, 0.5) is 19.1 Å². The zero-order chi connectivity index (χ0) is 24.0. The highest BCUT2D eigenvalue weighted by atomic mass is 35.5. The smallest absolute Gasteiger partial charge is 0.351 e. The van der Waals surface area contributed by atoms with Crippen molar-refractivity contribution in [3.8, 4) is 11.1 Å². The van der Waals surface area contributed by atoms with Gasteiger partial charge in [0.1, 0.15) is 5.65 Å². The zero-order valence-electron chi connectivity index (χ0n) is 17.7. The molecule has 0 spiro atoms. The van der Waals surface area contributed by atoms with E-state index >= 15 is 0 Å². The summed E-state index contributed by atoms with van der Waals surface area (Å²) in [4.78, 5) is 21.6. The lowest BCUT2D eigenvalue weighted by Crippen LogP contribution is -2.47. The van der Waals surface area contributed by atoms with Crippen LogP contribution in [-0.4, -0.2) is 51.9 Å². The molecule has 34 heavy (non-hydrogen) atoms. The van der Waals surface area contributed by atoms with Crippen molar-refractivity contribution in [2.24, 2.45) is 7.05 Å². The average molecular weight is 538 g/mol. The monoisotopic (exact) mass is 537 g/mol. The molecule has 14 heteroatoms. The number of benzene rings is 1. The van der Waals surface area contributed by atoms with E-state index in [-0.39, 0.29) is 55.9 Å². The minimum atomic E-state index is -5.34. The van der Waals surface area contributed by atoms with Crippen LogP contribution in [0.3, 0.4) is 0 Å². The second-order valence-corrected chi connectivity index (χ2v) is 9.98. The van der Waals surface area contributed by atoms with Crippen LogP contribution in [0.15, 0.2) is 41.3 Å². The van der Waals surface area contributed by atoms with Crippen LogP contribution in [0, 0.1) is 0 Å². The molecule has 1 fully saturated rings. The molecule has 1 N–H and O–H groups in total. The Bertz CT molecular complexity index is 1370. The molecule has 1 saturated heterocycles. The first kappa shape index (κ1) is 26.2. The third kappa shape index (κ3) is 4.85. The molecule has 0 unspecified atom stereocenters. The molecule has 3 aromatic rings. The normalized spacial score (nSPS) is 15.8. The molecule has 2 aromatic heterocycles. The van der Waals surface area contributed by atoms with Gasteiger partial charge in [-0.1, -0.05) is 29.8 Å². The number of hydrogen-bond donors (Lipinski definition) is 1. The summed E-state index contributed by atoms with van der Waals surface area (Å²) in [6.45, 7) is -0.542. The fraction of sp³-hybridized carbons (Fsp3) is 0.350. The van der Waals surface area contributed by atoms with E-state index < -0.39 is 15.5 Å². The maximum absolute atomic E-state index is 12.9. The summed E-state index contributed by atoms with van der Waals surface area (Å²) >= 11 is 6.24. The van der Waals surface area contributed by atoms with Crippen LogP contribution in [0.5, 0.6) is 0 Å². The highest BCUT2D eigenvalue weighted by Crippen LogP contribution is 2.30. The first-order chi connectivity index (χ1) is 15.5. The van der Waals surface area contributed by atoms with Crippen LogP contribution in [0.25, 0.3) is 22.2 Å². The zero-order valence-corrected chi connectivity index (χ0v) is 20.1. The lowest BCUT2D eigenvalue weighted by atomic mass is 10.1. The second kappa shape index (κ2) is 9.68. The molecular formula is C20H20Cl2F3N5O3S. The molecule has 1 aromatic carbocycles. The van der Waals surface area contributed by atoms with E-state index in [4.69, 9.17) is 11.6 Å². The van der Waals surface area contributed by atoms with E-state index in [0.717, 1.165) is 0 Å². The first-order valence-electron chi connectivity index (χ1n) is 9.93. The number of nitrogens with zero attached hydrogens (tertiary/aromatic N) is 4. The number of piperidine rings is 1. The molecule has 0 atom stereocenters. The van der Waals surface area contributed by atoms with Gasteiger partial charge in [-0.3, -0.25) is 9.36 Å². The molecule has 1 aliphatic rings. The summed E-state index contributed by atoms with van der Waals surface area (Å²) in [6.07, 6.45) is 1.84. The van der Waals surface area contributed by atoms with Crippen LogP contribution >= 0.6 is 24.0 Å². The minimum Gasteiger partial charge on any atom is -0.351 e. The Labute approximate surface area is 204 Å². The second-order valence-electron chi connectivity index (χ2n) is 7.64. The van der Waals surface area contributed by atoms with E-state index in [1.165, 1.54) is 10.8 Å². The molecule has 184 valence electrons. The lowest BCUT2D eigenvalue weighted by Gasteiger charge is -2.31. The van der Waals surface area contributed by atoms with Crippen molar-refractivity contribution in [1.29, 1.82) is 0 Å². The first-order valence-corrected chi connectivity index (χ1v) is 11.8. The number of alkyl halides is 3. The van der Waals surface area contributed by atoms with E-state index in [1.54, 1.807) is 37.4 Å². The Morgan fingerprint density at radius 3 is 2.41 bits per heavy atom. The van der Waals surface area contributed by atoms with E-state index in [1.807, 2.05) is 0 Å². The predicted octanol–water partition coefficient (Wildman–Crippen LogP) is 3.80. The number of hydrogen-bond acceptors (Lipinski definition) is 6. The number of aromatic nitrogens is 3. The number of rotatable bonds is 4. The van der Waals surface area contributed by atoms with Gasteiger partial charge in [0.15, 0.2) is 0 Å². The Kier molecular flexibility index (Phi) is 7.46. The largest absolute Gasteiger partial charge is 0.511 e. The van der Waals surface area contributed by atoms with Crippen molar-refractivity contribution in [3.05, 3.63) is 51.9 Å². The third-order valence-corrected chi connectivity index (χ3v) is 7.49. The molecule has 0 aliphatic carbocycles. The SMILES string of the molecule is Cl.Cn1c(=O)c(-c2ccccc2Cl)cc2cnc(NC3CCN(S(=O)(=O)C(F)(F)F)CC3)nc21. The molecule has 0 bridgehead atoms. The van der Waals surface area contributed by atoms with Crippen molar-refractivity contribution < 1.29 is 21.6 Å². The van der Waals surface area contributed by atoms with Gasteiger partial charge < -0.3 is 5.32 Å².